The highest BCUT2D eigenvalue weighted by Crippen LogP contribution is 2.17. The van der Waals surface area contributed by atoms with Crippen molar-refractivity contribution in [2.75, 3.05) is 26.2 Å². The minimum absolute atomic E-state index is 0.449. The highest BCUT2D eigenvalue weighted by molar-refractivity contribution is 6.30. The minimum atomic E-state index is 0.449. The van der Waals surface area contributed by atoms with Crippen LogP contribution in [0.1, 0.15) is 11.5 Å². The van der Waals surface area contributed by atoms with Gasteiger partial charge in [-0.25, -0.2) is 0 Å². The van der Waals surface area contributed by atoms with Crippen LogP contribution >= 0.6 is 11.6 Å². The number of nitrogens with one attached hydrogen (secondary N) is 2. The Kier molecular flexibility index (Phi) is 4.83. The molecule has 1 aromatic carbocycles. The fourth-order valence-electron chi connectivity index (χ4n) is 3.28. The summed E-state index contributed by atoms with van der Waals surface area (Å²) in [4.78, 5) is 3.07. The summed E-state index contributed by atoms with van der Waals surface area (Å²) in [5, 5.41) is 9.02. The van der Waals surface area contributed by atoms with Crippen molar-refractivity contribution in [2.45, 2.75) is 13.1 Å². The lowest BCUT2D eigenvalue weighted by Gasteiger charge is -2.29. The Labute approximate surface area is 151 Å². The Hall–Kier alpha value is -2.15. The van der Waals surface area contributed by atoms with E-state index in [-0.39, 0.29) is 0 Å². The third kappa shape index (κ3) is 4.10. The molecular formula is C18H21ClN4O2+2. The molecule has 25 heavy (non-hydrogen) atoms. The number of hydrogen-bond acceptors (Lipinski definition) is 4. The first-order chi connectivity index (χ1) is 12.3. The molecule has 4 rings (SSSR count). The van der Waals surface area contributed by atoms with E-state index in [9.17, 15) is 0 Å². The number of nitrogens with zero attached hydrogens (tertiary/aromatic N) is 2. The topological polar surface area (TPSA) is 60.9 Å². The van der Waals surface area contributed by atoms with E-state index < -0.39 is 0 Å². The number of furan rings is 1. The van der Waals surface area contributed by atoms with E-state index in [1.54, 1.807) is 11.2 Å². The predicted octanol–water partition coefficient (Wildman–Crippen LogP) is 0.467. The molecule has 1 fully saturated rings. The van der Waals surface area contributed by atoms with Crippen LogP contribution in [-0.4, -0.2) is 36.4 Å². The Bertz CT molecular complexity index is 810. The van der Waals surface area contributed by atoms with Gasteiger partial charge in [0.05, 0.1) is 6.26 Å². The summed E-state index contributed by atoms with van der Waals surface area (Å²) in [6.45, 7) is 6.22. The van der Waals surface area contributed by atoms with Crippen LogP contribution in [0.3, 0.4) is 0 Å². The van der Waals surface area contributed by atoms with Gasteiger partial charge < -0.3 is 18.6 Å². The van der Waals surface area contributed by atoms with E-state index in [2.05, 4.69) is 22.3 Å². The van der Waals surface area contributed by atoms with Crippen molar-refractivity contribution < 1.29 is 18.6 Å². The summed E-state index contributed by atoms with van der Waals surface area (Å²) >= 11 is 6.07. The van der Waals surface area contributed by atoms with Gasteiger partial charge in [-0.15, -0.1) is 10.2 Å². The molecule has 1 aliphatic rings. The summed E-state index contributed by atoms with van der Waals surface area (Å²) in [5.41, 5.74) is 1.30. The minimum Gasteiger partial charge on any atom is -0.459 e. The number of benzene rings is 1. The summed E-state index contributed by atoms with van der Waals surface area (Å²) in [5.74, 6) is 1.73. The van der Waals surface area contributed by atoms with Gasteiger partial charge in [0, 0.05) is 10.6 Å². The zero-order valence-electron chi connectivity index (χ0n) is 13.9. The van der Waals surface area contributed by atoms with Crippen LogP contribution in [-0.2, 0) is 13.1 Å². The highest BCUT2D eigenvalue weighted by Gasteiger charge is 2.25. The first-order valence-corrected chi connectivity index (χ1v) is 8.92. The van der Waals surface area contributed by atoms with Gasteiger partial charge in [0.2, 0.25) is 0 Å². The summed E-state index contributed by atoms with van der Waals surface area (Å²) in [6.07, 6.45) is 1.60. The average molecular weight is 361 g/mol. The molecule has 0 amide bonds. The molecule has 0 unspecified atom stereocenters. The molecule has 3 heterocycles. The third-order valence-electron chi connectivity index (χ3n) is 4.61. The van der Waals surface area contributed by atoms with E-state index in [0.717, 1.165) is 44.3 Å². The maximum absolute atomic E-state index is 6.07. The van der Waals surface area contributed by atoms with Crippen LogP contribution in [0.5, 0.6) is 0 Å². The number of hydrogen-bond donors (Lipinski definition) is 2. The molecule has 2 aromatic heterocycles. The Morgan fingerprint density at radius 3 is 2.48 bits per heavy atom. The van der Waals surface area contributed by atoms with Crippen LogP contribution in [0.4, 0.5) is 0 Å². The van der Waals surface area contributed by atoms with E-state index in [1.807, 2.05) is 24.3 Å². The first-order valence-electron chi connectivity index (χ1n) is 8.54. The second kappa shape index (κ2) is 7.39. The van der Waals surface area contributed by atoms with Crippen molar-refractivity contribution in [3.63, 3.8) is 0 Å². The van der Waals surface area contributed by atoms with Crippen LogP contribution in [0.15, 0.2) is 51.5 Å². The zero-order valence-corrected chi connectivity index (χ0v) is 14.6. The summed E-state index contributed by atoms with van der Waals surface area (Å²) in [7, 11) is 0. The van der Waals surface area contributed by atoms with Gasteiger partial charge in [-0.2, -0.15) is 0 Å². The van der Waals surface area contributed by atoms with E-state index in [0.29, 0.717) is 17.5 Å². The summed E-state index contributed by atoms with van der Waals surface area (Å²) in [6, 6.07) is 11.8. The van der Waals surface area contributed by atoms with Crippen molar-refractivity contribution in [3.8, 4) is 11.7 Å². The fourth-order valence-corrected chi connectivity index (χ4v) is 3.50. The predicted molar refractivity (Wildman–Crippen MR) is 92.3 cm³/mol. The molecule has 6 nitrogen and oxygen atoms in total. The molecule has 0 atom stereocenters. The van der Waals surface area contributed by atoms with Crippen molar-refractivity contribution in [3.05, 3.63) is 59.1 Å². The lowest BCUT2D eigenvalue weighted by molar-refractivity contribution is -1.02. The molecular weight excluding hydrogens is 340 g/mol. The Balaban J connectivity index is 1.29. The number of piperazine rings is 1. The maximum Gasteiger partial charge on any atom is 0.283 e. The van der Waals surface area contributed by atoms with Crippen molar-refractivity contribution in [1.29, 1.82) is 0 Å². The van der Waals surface area contributed by atoms with Gasteiger partial charge >= 0.3 is 0 Å². The van der Waals surface area contributed by atoms with Crippen molar-refractivity contribution in [2.24, 2.45) is 0 Å². The molecule has 0 aliphatic carbocycles. The smallest absolute Gasteiger partial charge is 0.283 e. The number of quaternary nitrogens is 2. The first kappa shape index (κ1) is 16.3. The van der Waals surface area contributed by atoms with Gasteiger partial charge in [0.1, 0.15) is 32.7 Å². The van der Waals surface area contributed by atoms with E-state index in [1.165, 1.54) is 10.5 Å². The lowest BCUT2D eigenvalue weighted by atomic mass is 10.2. The SMILES string of the molecule is Clc1cccc(C[NH+]2CC[NH+](Cc3nnc(-c4ccco4)o3)CC2)c1. The Morgan fingerprint density at radius 1 is 0.960 bits per heavy atom. The van der Waals surface area contributed by atoms with Gasteiger partial charge in [-0.3, -0.25) is 0 Å². The van der Waals surface area contributed by atoms with Crippen molar-refractivity contribution in [1.82, 2.24) is 10.2 Å². The number of rotatable bonds is 5. The maximum atomic E-state index is 6.07. The normalized spacial score (nSPS) is 20.7. The molecule has 7 heteroatoms. The molecule has 3 aromatic rings. The van der Waals surface area contributed by atoms with Crippen LogP contribution < -0.4 is 9.80 Å². The molecule has 1 aliphatic heterocycles. The summed E-state index contributed by atoms with van der Waals surface area (Å²) < 4.78 is 11.0. The second-order valence-electron chi connectivity index (χ2n) is 6.46. The molecule has 130 valence electrons. The van der Waals surface area contributed by atoms with Crippen molar-refractivity contribution >= 4 is 11.6 Å². The molecule has 0 bridgehead atoms. The fraction of sp³-hybridized carbons (Fsp3) is 0.333. The largest absolute Gasteiger partial charge is 0.459 e. The van der Waals surface area contributed by atoms with Crippen LogP contribution in [0.2, 0.25) is 5.02 Å². The van der Waals surface area contributed by atoms with Gasteiger partial charge in [0.15, 0.2) is 12.3 Å². The monoisotopic (exact) mass is 360 g/mol. The quantitative estimate of drug-likeness (QED) is 0.694. The number of aromatic nitrogens is 2. The molecule has 0 spiro atoms. The molecule has 0 radical (unpaired) electrons. The van der Waals surface area contributed by atoms with Gasteiger partial charge in [-0.1, -0.05) is 23.7 Å². The van der Waals surface area contributed by atoms with Gasteiger partial charge in [-0.05, 0) is 24.3 Å². The van der Waals surface area contributed by atoms with E-state index >= 15 is 0 Å². The molecule has 0 saturated carbocycles. The van der Waals surface area contributed by atoms with Gasteiger partial charge in [0.25, 0.3) is 11.8 Å². The molecule has 1 saturated heterocycles. The standard InChI is InChI=1S/C18H19ClN4O2/c19-15-4-1-3-14(11-15)12-22-6-8-23(9-7-22)13-17-20-21-18(25-17)16-5-2-10-24-16/h1-5,10-11H,6-9,12-13H2/p+2. The average Bonchev–Trinajstić information content (AvgIpc) is 3.28. The highest BCUT2D eigenvalue weighted by atomic mass is 35.5. The van der Waals surface area contributed by atoms with E-state index in [4.69, 9.17) is 20.4 Å². The lowest BCUT2D eigenvalue weighted by Crippen LogP contribution is -3.27. The Morgan fingerprint density at radius 2 is 1.76 bits per heavy atom. The van der Waals surface area contributed by atoms with Crippen LogP contribution in [0.25, 0.3) is 11.7 Å². The molecule has 2 N–H and O–H groups in total. The van der Waals surface area contributed by atoms with Crippen LogP contribution in [0, 0.1) is 0 Å². The number of halogens is 1. The zero-order chi connectivity index (χ0) is 17.1. The third-order valence-corrected chi connectivity index (χ3v) is 4.84. The second-order valence-corrected chi connectivity index (χ2v) is 6.90.